The molecule has 1 aliphatic heterocycles. The number of aliphatic hydroxyl groups is 1. The number of ether oxygens (including phenoxy) is 2. The van der Waals surface area contributed by atoms with Crippen LogP contribution in [0.3, 0.4) is 0 Å². The summed E-state index contributed by atoms with van der Waals surface area (Å²) in [6.45, 7) is 4.58. The summed E-state index contributed by atoms with van der Waals surface area (Å²) >= 11 is 0. The van der Waals surface area contributed by atoms with E-state index >= 15 is 0 Å². The summed E-state index contributed by atoms with van der Waals surface area (Å²) in [6, 6.07) is 7.62. The van der Waals surface area contributed by atoms with Crippen molar-refractivity contribution in [3.63, 3.8) is 0 Å². The lowest BCUT2D eigenvalue weighted by atomic mass is 9.93. The van der Waals surface area contributed by atoms with E-state index in [-0.39, 0.29) is 0 Å². The van der Waals surface area contributed by atoms with Gasteiger partial charge >= 0.3 is 0 Å². The highest BCUT2D eigenvalue weighted by molar-refractivity contribution is 5.90. The van der Waals surface area contributed by atoms with Crippen LogP contribution in [0.15, 0.2) is 24.3 Å². The van der Waals surface area contributed by atoms with Gasteiger partial charge in [0.05, 0.1) is 5.60 Å². The van der Waals surface area contributed by atoms with Crippen molar-refractivity contribution in [2.45, 2.75) is 19.4 Å². The SMILES string of the molecule is CC(C)(O)c1cc2cc3c(cc2cc1N)OCCO3. The number of hydrogen-bond acceptors (Lipinski definition) is 4. The minimum Gasteiger partial charge on any atom is -0.486 e. The van der Waals surface area contributed by atoms with Crippen molar-refractivity contribution < 1.29 is 14.6 Å². The highest BCUT2D eigenvalue weighted by Gasteiger charge is 2.21. The van der Waals surface area contributed by atoms with Crippen molar-refractivity contribution in [1.82, 2.24) is 0 Å². The molecule has 100 valence electrons. The molecule has 4 nitrogen and oxygen atoms in total. The smallest absolute Gasteiger partial charge is 0.162 e. The van der Waals surface area contributed by atoms with Gasteiger partial charge < -0.3 is 20.3 Å². The minimum atomic E-state index is -0.967. The van der Waals surface area contributed by atoms with E-state index in [1.165, 1.54) is 0 Å². The lowest BCUT2D eigenvalue weighted by Crippen LogP contribution is -2.18. The molecule has 0 radical (unpaired) electrons. The molecule has 4 heteroatoms. The van der Waals surface area contributed by atoms with E-state index in [0.717, 1.165) is 27.8 Å². The average molecular weight is 259 g/mol. The Balaban J connectivity index is 2.23. The van der Waals surface area contributed by atoms with Gasteiger partial charge in [0.1, 0.15) is 13.2 Å². The van der Waals surface area contributed by atoms with Crippen LogP contribution >= 0.6 is 0 Å². The first kappa shape index (κ1) is 12.1. The summed E-state index contributed by atoms with van der Waals surface area (Å²) in [5.74, 6) is 1.49. The monoisotopic (exact) mass is 259 g/mol. The first-order valence-electron chi connectivity index (χ1n) is 6.31. The van der Waals surface area contributed by atoms with E-state index < -0.39 is 5.60 Å². The van der Waals surface area contributed by atoms with E-state index in [9.17, 15) is 5.11 Å². The third kappa shape index (κ3) is 2.08. The van der Waals surface area contributed by atoms with Gasteiger partial charge in [0.2, 0.25) is 0 Å². The zero-order chi connectivity index (χ0) is 13.6. The maximum absolute atomic E-state index is 10.1. The molecule has 0 aromatic heterocycles. The van der Waals surface area contributed by atoms with Crippen LogP contribution < -0.4 is 15.2 Å². The van der Waals surface area contributed by atoms with Gasteiger partial charge in [-0.25, -0.2) is 0 Å². The summed E-state index contributed by atoms with van der Waals surface area (Å²) < 4.78 is 11.1. The molecule has 2 aromatic carbocycles. The second-order valence-corrected chi connectivity index (χ2v) is 5.34. The Morgan fingerprint density at radius 3 is 2.05 bits per heavy atom. The van der Waals surface area contributed by atoms with Crippen LogP contribution in [-0.4, -0.2) is 18.3 Å². The van der Waals surface area contributed by atoms with Gasteiger partial charge in [-0.3, -0.25) is 0 Å². The maximum Gasteiger partial charge on any atom is 0.162 e. The zero-order valence-electron chi connectivity index (χ0n) is 11.1. The molecule has 1 heterocycles. The largest absolute Gasteiger partial charge is 0.486 e. The summed E-state index contributed by atoms with van der Waals surface area (Å²) in [5, 5.41) is 12.1. The number of fused-ring (bicyclic) bond motifs is 2. The standard InChI is InChI=1S/C15H17NO3/c1-15(2,17)11-5-9-7-13-14(19-4-3-18-13)8-10(9)6-12(11)16/h5-8,17H,3-4,16H2,1-2H3. The van der Waals surface area contributed by atoms with Crippen molar-refractivity contribution in [2.24, 2.45) is 0 Å². The average Bonchev–Trinajstić information content (AvgIpc) is 2.34. The molecule has 1 aliphatic rings. The number of anilines is 1. The molecule has 0 atom stereocenters. The van der Waals surface area contributed by atoms with E-state index in [0.29, 0.717) is 18.9 Å². The fourth-order valence-corrected chi connectivity index (χ4v) is 2.38. The quantitative estimate of drug-likeness (QED) is 0.772. The topological polar surface area (TPSA) is 64.7 Å². The fraction of sp³-hybridized carbons (Fsp3) is 0.333. The van der Waals surface area contributed by atoms with Crippen LogP contribution in [0, 0.1) is 0 Å². The number of benzene rings is 2. The van der Waals surface area contributed by atoms with Crippen molar-refractivity contribution in [3.8, 4) is 11.5 Å². The fourth-order valence-electron chi connectivity index (χ4n) is 2.38. The molecule has 0 unspecified atom stereocenters. The molecule has 0 amide bonds. The maximum atomic E-state index is 10.1. The van der Waals surface area contributed by atoms with Gasteiger partial charge in [-0.2, -0.15) is 0 Å². The second-order valence-electron chi connectivity index (χ2n) is 5.34. The first-order valence-corrected chi connectivity index (χ1v) is 6.31. The van der Waals surface area contributed by atoms with Crippen molar-refractivity contribution in [3.05, 3.63) is 29.8 Å². The lowest BCUT2D eigenvalue weighted by molar-refractivity contribution is 0.0795. The number of nitrogen functional groups attached to an aromatic ring is 1. The van der Waals surface area contributed by atoms with E-state index in [2.05, 4.69) is 0 Å². The van der Waals surface area contributed by atoms with E-state index in [4.69, 9.17) is 15.2 Å². The third-order valence-electron chi connectivity index (χ3n) is 3.33. The highest BCUT2D eigenvalue weighted by Crippen LogP contribution is 2.37. The molecule has 0 spiro atoms. The van der Waals surface area contributed by atoms with Gasteiger partial charge in [0, 0.05) is 11.3 Å². The highest BCUT2D eigenvalue weighted by atomic mass is 16.6. The third-order valence-corrected chi connectivity index (χ3v) is 3.33. The molecule has 0 fully saturated rings. The first-order chi connectivity index (χ1) is 8.95. The van der Waals surface area contributed by atoms with Crippen LogP contribution in [-0.2, 0) is 5.60 Å². The summed E-state index contributed by atoms with van der Waals surface area (Å²) in [7, 11) is 0. The Morgan fingerprint density at radius 1 is 1.00 bits per heavy atom. The Labute approximate surface area is 111 Å². The molecular formula is C15H17NO3. The summed E-state index contributed by atoms with van der Waals surface area (Å²) in [4.78, 5) is 0. The minimum absolute atomic E-state index is 0.561. The van der Waals surface area contributed by atoms with Crippen LogP contribution in [0.1, 0.15) is 19.4 Å². The Hall–Kier alpha value is -1.94. The summed E-state index contributed by atoms with van der Waals surface area (Å²) in [6.07, 6.45) is 0. The molecule has 3 N–H and O–H groups in total. The van der Waals surface area contributed by atoms with Gasteiger partial charge in [-0.05, 0) is 48.9 Å². The Morgan fingerprint density at radius 2 is 1.53 bits per heavy atom. The second kappa shape index (κ2) is 4.03. The molecular weight excluding hydrogens is 242 g/mol. The lowest BCUT2D eigenvalue weighted by Gasteiger charge is -2.22. The van der Waals surface area contributed by atoms with Crippen molar-refractivity contribution >= 4 is 16.5 Å². The molecule has 0 aliphatic carbocycles. The van der Waals surface area contributed by atoms with Gasteiger partial charge in [0.25, 0.3) is 0 Å². The van der Waals surface area contributed by atoms with Gasteiger partial charge in [-0.15, -0.1) is 0 Å². The normalized spacial score (nSPS) is 14.7. The molecule has 0 saturated carbocycles. The molecule has 2 aromatic rings. The number of hydrogen-bond donors (Lipinski definition) is 2. The van der Waals surface area contributed by atoms with E-state index in [1.54, 1.807) is 13.8 Å². The van der Waals surface area contributed by atoms with Crippen LogP contribution in [0.5, 0.6) is 11.5 Å². The number of nitrogens with two attached hydrogens (primary N) is 1. The van der Waals surface area contributed by atoms with E-state index in [1.807, 2.05) is 24.3 Å². The van der Waals surface area contributed by atoms with Crippen LogP contribution in [0.25, 0.3) is 10.8 Å². The van der Waals surface area contributed by atoms with Crippen molar-refractivity contribution in [2.75, 3.05) is 18.9 Å². The number of rotatable bonds is 1. The molecule has 0 saturated heterocycles. The molecule has 0 bridgehead atoms. The van der Waals surface area contributed by atoms with Gasteiger partial charge in [-0.1, -0.05) is 0 Å². The Bertz CT molecular complexity index is 644. The molecule has 3 rings (SSSR count). The molecule has 19 heavy (non-hydrogen) atoms. The summed E-state index contributed by atoms with van der Waals surface area (Å²) in [5.41, 5.74) is 6.35. The van der Waals surface area contributed by atoms with Gasteiger partial charge in [0.15, 0.2) is 11.5 Å². The van der Waals surface area contributed by atoms with Crippen molar-refractivity contribution in [1.29, 1.82) is 0 Å². The zero-order valence-corrected chi connectivity index (χ0v) is 11.1. The van der Waals surface area contributed by atoms with Crippen LogP contribution in [0.4, 0.5) is 5.69 Å². The Kier molecular flexibility index (Phi) is 2.57. The predicted octanol–water partition coefficient (Wildman–Crippen LogP) is 2.42. The predicted molar refractivity (Wildman–Crippen MR) is 74.6 cm³/mol. The van der Waals surface area contributed by atoms with Crippen LogP contribution in [0.2, 0.25) is 0 Å².